The molecule has 0 aliphatic rings. The zero-order valence-corrected chi connectivity index (χ0v) is 15.3. The Morgan fingerprint density at radius 2 is 1.75 bits per heavy atom. The van der Waals surface area contributed by atoms with Crippen LogP contribution in [0.25, 0.3) is 22.0 Å². The number of nitrogens with one attached hydrogen (secondary N) is 2. The number of aryl methyl sites for hydroxylation is 1. The molecule has 3 heterocycles. The molecule has 0 fully saturated rings. The molecule has 0 bridgehead atoms. The molecule has 4 rings (SSSR count). The van der Waals surface area contributed by atoms with Gasteiger partial charge < -0.3 is 9.05 Å². The number of benzene rings is 1. The fourth-order valence-corrected chi connectivity index (χ4v) is 3.13. The molecule has 9 nitrogen and oxygen atoms in total. The molecule has 2 amide bonds. The summed E-state index contributed by atoms with van der Waals surface area (Å²) in [6.45, 7) is 1.61. The molecule has 0 saturated heterocycles. The fraction of sp³-hybridized carbons (Fsp3) is 0.0556. The third-order valence-electron chi connectivity index (χ3n) is 3.79. The molecule has 0 aliphatic carbocycles. The smallest absolute Gasteiger partial charge is 0.328 e. The minimum atomic E-state index is -0.737. The van der Waals surface area contributed by atoms with Crippen LogP contribution in [0.4, 0.5) is 0 Å². The summed E-state index contributed by atoms with van der Waals surface area (Å²) in [5.41, 5.74) is 5.88. The van der Waals surface area contributed by atoms with Crippen LogP contribution in [0, 0.1) is 6.92 Å². The van der Waals surface area contributed by atoms with Crippen LogP contribution in [0.1, 0.15) is 26.8 Å². The van der Waals surface area contributed by atoms with Crippen LogP contribution in [-0.2, 0) is 0 Å². The predicted molar refractivity (Wildman–Crippen MR) is 99.2 cm³/mol. The maximum absolute atomic E-state index is 12.6. The molecule has 4 aromatic rings. The van der Waals surface area contributed by atoms with Gasteiger partial charge in [-0.05, 0) is 18.4 Å². The Morgan fingerprint density at radius 3 is 2.50 bits per heavy atom. The van der Waals surface area contributed by atoms with Gasteiger partial charge in [-0.15, -0.1) is 11.3 Å². The zero-order valence-electron chi connectivity index (χ0n) is 14.5. The molecule has 10 heteroatoms. The van der Waals surface area contributed by atoms with Gasteiger partial charge in [-0.1, -0.05) is 46.7 Å². The first-order valence-corrected chi connectivity index (χ1v) is 9.01. The van der Waals surface area contributed by atoms with Crippen molar-refractivity contribution in [2.75, 3.05) is 0 Å². The number of carbonyl (C=O) groups is 2. The van der Waals surface area contributed by atoms with E-state index in [9.17, 15) is 9.59 Å². The Hall–Kier alpha value is -3.79. The molecule has 0 spiro atoms. The van der Waals surface area contributed by atoms with E-state index < -0.39 is 11.8 Å². The molecule has 140 valence electrons. The van der Waals surface area contributed by atoms with E-state index >= 15 is 0 Å². The highest BCUT2D eigenvalue weighted by Crippen LogP contribution is 2.25. The second kappa shape index (κ2) is 7.45. The summed E-state index contributed by atoms with van der Waals surface area (Å²) in [7, 11) is 0. The van der Waals surface area contributed by atoms with Crippen LogP contribution < -0.4 is 10.9 Å². The number of aromatic nitrogens is 3. The van der Waals surface area contributed by atoms with Crippen LogP contribution in [0.2, 0.25) is 0 Å². The van der Waals surface area contributed by atoms with Crippen molar-refractivity contribution in [1.29, 1.82) is 0 Å². The normalized spacial score (nSPS) is 10.6. The standard InChI is InChI=1S/C18H13N5O4S/c1-10-13(14(22-26-10)11-6-3-2-4-7-11)16(24)20-21-17(25)18-19-15(23-27-18)12-8-5-9-28-12/h2-9H,1H3,(H,20,24)(H,21,25). The molecule has 1 aromatic carbocycles. The molecule has 0 aliphatic heterocycles. The van der Waals surface area contributed by atoms with E-state index in [-0.39, 0.29) is 11.5 Å². The minimum absolute atomic E-state index is 0.219. The lowest BCUT2D eigenvalue weighted by Gasteiger charge is -2.05. The Bertz CT molecular complexity index is 1120. The summed E-state index contributed by atoms with van der Waals surface area (Å²) in [5, 5.41) is 9.54. The Labute approximate surface area is 162 Å². The van der Waals surface area contributed by atoms with E-state index in [0.717, 1.165) is 4.88 Å². The van der Waals surface area contributed by atoms with Crippen LogP contribution in [0.5, 0.6) is 0 Å². The number of rotatable bonds is 4. The number of carbonyl (C=O) groups excluding carboxylic acids is 2. The van der Waals surface area contributed by atoms with Crippen LogP contribution in [0.15, 0.2) is 56.9 Å². The van der Waals surface area contributed by atoms with Gasteiger partial charge >= 0.3 is 11.8 Å². The first kappa shape index (κ1) is 17.6. The van der Waals surface area contributed by atoms with Gasteiger partial charge in [0, 0.05) is 5.56 Å². The average molecular weight is 395 g/mol. The molecule has 0 saturated carbocycles. The number of amides is 2. The molecular formula is C18H13N5O4S. The predicted octanol–water partition coefficient (Wildman–Crippen LogP) is 2.84. The SMILES string of the molecule is Cc1onc(-c2ccccc2)c1C(=O)NNC(=O)c1nc(-c2cccs2)no1. The van der Waals surface area contributed by atoms with Crippen molar-refractivity contribution >= 4 is 23.2 Å². The van der Waals surface area contributed by atoms with Crippen molar-refractivity contribution in [2.24, 2.45) is 0 Å². The lowest BCUT2D eigenvalue weighted by atomic mass is 10.1. The largest absolute Gasteiger partial charge is 0.360 e. The number of thiophene rings is 1. The van der Waals surface area contributed by atoms with Gasteiger partial charge in [0.05, 0.1) is 4.88 Å². The molecular weight excluding hydrogens is 382 g/mol. The van der Waals surface area contributed by atoms with Crippen LogP contribution in [-0.4, -0.2) is 27.1 Å². The average Bonchev–Trinajstić information content (AvgIpc) is 3.46. The fourth-order valence-electron chi connectivity index (χ4n) is 2.48. The van der Waals surface area contributed by atoms with Gasteiger partial charge in [0.15, 0.2) is 0 Å². The first-order chi connectivity index (χ1) is 13.6. The van der Waals surface area contributed by atoms with Crippen molar-refractivity contribution in [1.82, 2.24) is 26.1 Å². The monoisotopic (exact) mass is 395 g/mol. The maximum Gasteiger partial charge on any atom is 0.328 e. The third-order valence-corrected chi connectivity index (χ3v) is 4.65. The molecule has 3 aromatic heterocycles. The maximum atomic E-state index is 12.6. The number of hydrogen-bond donors (Lipinski definition) is 2. The van der Waals surface area contributed by atoms with Gasteiger partial charge in [0.25, 0.3) is 5.91 Å². The Balaban J connectivity index is 1.47. The summed E-state index contributed by atoms with van der Waals surface area (Å²) in [6, 6.07) is 12.7. The second-order valence-electron chi connectivity index (χ2n) is 5.64. The van der Waals surface area contributed by atoms with Crippen molar-refractivity contribution in [3.8, 4) is 22.0 Å². The van der Waals surface area contributed by atoms with E-state index in [1.165, 1.54) is 11.3 Å². The molecule has 28 heavy (non-hydrogen) atoms. The number of nitrogens with zero attached hydrogens (tertiary/aromatic N) is 3. The van der Waals surface area contributed by atoms with Gasteiger partial charge in [-0.25, -0.2) is 0 Å². The van der Waals surface area contributed by atoms with Crippen molar-refractivity contribution < 1.29 is 18.6 Å². The van der Waals surface area contributed by atoms with Crippen LogP contribution in [0.3, 0.4) is 0 Å². The van der Waals surface area contributed by atoms with Crippen molar-refractivity contribution in [3.05, 3.63) is 65.1 Å². The quantitative estimate of drug-likeness (QED) is 0.509. The van der Waals surface area contributed by atoms with E-state index in [4.69, 9.17) is 9.05 Å². The Morgan fingerprint density at radius 1 is 0.964 bits per heavy atom. The summed E-state index contributed by atoms with van der Waals surface area (Å²) in [4.78, 5) is 29.5. The van der Waals surface area contributed by atoms with Gasteiger partial charge in [-0.2, -0.15) is 4.98 Å². The zero-order chi connectivity index (χ0) is 19.5. The highest BCUT2D eigenvalue weighted by molar-refractivity contribution is 7.13. The van der Waals surface area contributed by atoms with Crippen LogP contribution >= 0.6 is 11.3 Å². The summed E-state index contributed by atoms with van der Waals surface area (Å²) < 4.78 is 10.1. The minimum Gasteiger partial charge on any atom is -0.360 e. The second-order valence-corrected chi connectivity index (χ2v) is 6.58. The summed E-state index contributed by atoms with van der Waals surface area (Å²) in [5.74, 6) is -0.965. The lowest BCUT2D eigenvalue weighted by molar-refractivity contribution is 0.0820. The highest BCUT2D eigenvalue weighted by Gasteiger charge is 2.23. The third kappa shape index (κ3) is 3.40. The van der Waals surface area contributed by atoms with E-state index in [0.29, 0.717) is 22.8 Å². The lowest BCUT2D eigenvalue weighted by Crippen LogP contribution is -2.42. The molecule has 0 radical (unpaired) electrons. The van der Waals surface area contributed by atoms with Gasteiger partial charge in [-0.3, -0.25) is 20.4 Å². The molecule has 2 N–H and O–H groups in total. The first-order valence-electron chi connectivity index (χ1n) is 8.13. The number of hydrogen-bond acceptors (Lipinski definition) is 8. The van der Waals surface area contributed by atoms with Crippen molar-refractivity contribution in [3.63, 3.8) is 0 Å². The Kier molecular flexibility index (Phi) is 4.68. The number of hydrazine groups is 1. The van der Waals surface area contributed by atoms with E-state index in [1.54, 1.807) is 25.1 Å². The molecule has 0 atom stereocenters. The summed E-state index contributed by atoms with van der Waals surface area (Å²) in [6.07, 6.45) is 0. The summed E-state index contributed by atoms with van der Waals surface area (Å²) >= 11 is 1.41. The molecule has 0 unspecified atom stereocenters. The highest BCUT2D eigenvalue weighted by atomic mass is 32.1. The van der Waals surface area contributed by atoms with Gasteiger partial charge in [0.1, 0.15) is 17.0 Å². The van der Waals surface area contributed by atoms with E-state index in [1.807, 2.05) is 29.6 Å². The van der Waals surface area contributed by atoms with E-state index in [2.05, 4.69) is 26.1 Å². The van der Waals surface area contributed by atoms with Gasteiger partial charge in [0.2, 0.25) is 5.82 Å². The topological polar surface area (TPSA) is 123 Å². The van der Waals surface area contributed by atoms with Crippen molar-refractivity contribution in [2.45, 2.75) is 6.92 Å².